The molecule has 0 aliphatic rings. The van der Waals surface area contributed by atoms with Gasteiger partial charge in [-0.15, -0.1) is 0 Å². The molecule has 0 fully saturated rings. The summed E-state index contributed by atoms with van der Waals surface area (Å²) in [6.45, 7) is 7.36. The van der Waals surface area contributed by atoms with Gasteiger partial charge in [-0.1, -0.05) is 6.07 Å². The summed E-state index contributed by atoms with van der Waals surface area (Å²) in [7, 11) is 0.00653. The van der Waals surface area contributed by atoms with Crippen LogP contribution in [0.25, 0.3) is 0 Å². The number of anilines is 2. The maximum atomic E-state index is 12.6. The van der Waals surface area contributed by atoms with Crippen molar-refractivity contribution in [2.24, 2.45) is 0 Å². The largest absolute Gasteiger partial charge is 0.347 e. The fourth-order valence-corrected chi connectivity index (χ4v) is 3.38. The zero-order valence-corrected chi connectivity index (χ0v) is 15.1. The van der Waals surface area contributed by atoms with Gasteiger partial charge in [-0.2, -0.15) is 0 Å². The molecule has 6 nitrogen and oxygen atoms in total. The van der Waals surface area contributed by atoms with Crippen molar-refractivity contribution in [3.05, 3.63) is 40.7 Å². The Hall–Kier alpha value is -2.15. The summed E-state index contributed by atoms with van der Waals surface area (Å²) in [6, 6.07) is 5.07. The molecule has 0 aliphatic heterocycles. The van der Waals surface area contributed by atoms with Crippen molar-refractivity contribution in [3.63, 3.8) is 0 Å². The standard InChI is InChI=1S/C16H22N4O2S/c1-10-7-8-14(9-11(10)2)23(21,22)19-15-12(3)17-16(20(5)6)18-13(15)4/h7-9,19H,1-6H3. The van der Waals surface area contributed by atoms with E-state index in [0.29, 0.717) is 23.0 Å². The SMILES string of the molecule is Cc1ccc(S(=O)(=O)Nc2c(C)nc(N(C)C)nc2C)cc1C. The normalized spacial score (nSPS) is 11.4. The quantitative estimate of drug-likeness (QED) is 0.930. The summed E-state index contributed by atoms with van der Waals surface area (Å²) in [4.78, 5) is 10.7. The molecule has 1 N–H and O–H groups in total. The van der Waals surface area contributed by atoms with Crippen LogP contribution in [0.1, 0.15) is 22.5 Å². The molecular weight excluding hydrogens is 312 g/mol. The first-order valence-corrected chi connectivity index (χ1v) is 8.73. The minimum absolute atomic E-state index is 0.232. The first kappa shape index (κ1) is 17.2. The zero-order chi connectivity index (χ0) is 17.4. The van der Waals surface area contributed by atoms with Gasteiger partial charge in [-0.25, -0.2) is 18.4 Å². The van der Waals surface area contributed by atoms with E-state index >= 15 is 0 Å². The molecule has 2 rings (SSSR count). The van der Waals surface area contributed by atoms with Gasteiger partial charge in [-0.3, -0.25) is 4.72 Å². The maximum absolute atomic E-state index is 12.6. The molecule has 2 aromatic rings. The predicted molar refractivity (Wildman–Crippen MR) is 92.6 cm³/mol. The number of benzene rings is 1. The molecule has 0 saturated carbocycles. The Morgan fingerprint density at radius 2 is 1.52 bits per heavy atom. The third-order valence-corrected chi connectivity index (χ3v) is 5.03. The van der Waals surface area contributed by atoms with Gasteiger partial charge in [0.1, 0.15) is 0 Å². The van der Waals surface area contributed by atoms with E-state index in [-0.39, 0.29) is 4.90 Å². The molecule has 0 aliphatic carbocycles. The van der Waals surface area contributed by atoms with Crippen LogP contribution in [0.4, 0.5) is 11.6 Å². The second-order valence-corrected chi connectivity index (χ2v) is 7.50. The Balaban J connectivity index is 2.43. The van der Waals surface area contributed by atoms with E-state index in [1.807, 2.05) is 27.9 Å². The second-order valence-electron chi connectivity index (χ2n) is 5.82. The highest BCUT2D eigenvalue weighted by Crippen LogP contribution is 2.24. The molecule has 124 valence electrons. The molecule has 1 aromatic heterocycles. The molecule has 1 aromatic carbocycles. The third kappa shape index (κ3) is 3.61. The summed E-state index contributed by atoms with van der Waals surface area (Å²) in [5.41, 5.74) is 3.59. The van der Waals surface area contributed by atoms with Crippen molar-refractivity contribution in [2.45, 2.75) is 32.6 Å². The van der Waals surface area contributed by atoms with Crippen LogP contribution in [0.5, 0.6) is 0 Å². The zero-order valence-electron chi connectivity index (χ0n) is 14.3. The lowest BCUT2D eigenvalue weighted by Crippen LogP contribution is -2.19. The Labute approximate surface area is 137 Å². The van der Waals surface area contributed by atoms with Crippen molar-refractivity contribution in [1.29, 1.82) is 0 Å². The van der Waals surface area contributed by atoms with E-state index < -0.39 is 10.0 Å². The van der Waals surface area contributed by atoms with Crippen LogP contribution in [-0.2, 0) is 10.0 Å². The average molecular weight is 334 g/mol. The van der Waals surface area contributed by atoms with E-state index in [2.05, 4.69) is 14.7 Å². The fraction of sp³-hybridized carbons (Fsp3) is 0.375. The predicted octanol–water partition coefficient (Wildman–Crippen LogP) is 2.58. The fourth-order valence-electron chi connectivity index (χ4n) is 2.12. The molecule has 0 unspecified atom stereocenters. The molecule has 0 atom stereocenters. The Morgan fingerprint density at radius 3 is 2.00 bits per heavy atom. The Morgan fingerprint density at radius 1 is 0.957 bits per heavy atom. The summed E-state index contributed by atoms with van der Waals surface area (Å²) in [6.07, 6.45) is 0. The topological polar surface area (TPSA) is 75.2 Å². The number of hydrogen-bond acceptors (Lipinski definition) is 5. The summed E-state index contributed by atoms with van der Waals surface area (Å²) in [5.74, 6) is 0.550. The number of nitrogens with zero attached hydrogens (tertiary/aromatic N) is 3. The van der Waals surface area contributed by atoms with Crippen molar-refractivity contribution < 1.29 is 8.42 Å². The van der Waals surface area contributed by atoms with Gasteiger partial charge in [0.25, 0.3) is 10.0 Å². The highest BCUT2D eigenvalue weighted by molar-refractivity contribution is 7.92. The van der Waals surface area contributed by atoms with Crippen molar-refractivity contribution in [2.75, 3.05) is 23.7 Å². The lowest BCUT2D eigenvalue weighted by molar-refractivity contribution is 0.601. The van der Waals surface area contributed by atoms with Crippen LogP contribution in [0, 0.1) is 27.7 Å². The van der Waals surface area contributed by atoms with Gasteiger partial charge in [0, 0.05) is 14.1 Å². The smallest absolute Gasteiger partial charge is 0.262 e. The molecule has 0 spiro atoms. The molecule has 23 heavy (non-hydrogen) atoms. The van der Waals surface area contributed by atoms with Crippen LogP contribution in [0.3, 0.4) is 0 Å². The van der Waals surface area contributed by atoms with Gasteiger partial charge in [0.15, 0.2) is 0 Å². The lowest BCUT2D eigenvalue weighted by Gasteiger charge is -2.16. The van der Waals surface area contributed by atoms with Gasteiger partial charge in [0.2, 0.25) is 5.95 Å². The van der Waals surface area contributed by atoms with Crippen LogP contribution in [-0.4, -0.2) is 32.5 Å². The number of aromatic nitrogens is 2. The molecule has 0 saturated heterocycles. The lowest BCUT2D eigenvalue weighted by atomic mass is 10.1. The molecular formula is C16H22N4O2S. The average Bonchev–Trinajstić information content (AvgIpc) is 2.45. The maximum Gasteiger partial charge on any atom is 0.262 e. The number of sulfonamides is 1. The first-order valence-electron chi connectivity index (χ1n) is 7.24. The Bertz CT molecular complexity index is 822. The third-order valence-electron chi connectivity index (χ3n) is 3.68. The van der Waals surface area contributed by atoms with Crippen LogP contribution in [0.15, 0.2) is 23.1 Å². The van der Waals surface area contributed by atoms with Crippen molar-refractivity contribution in [3.8, 4) is 0 Å². The highest BCUT2D eigenvalue weighted by atomic mass is 32.2. The van der Waals surface area contributed by atoms with E-state index in [4.69, 9.17) is 0 Å². The van der Waals surface area contributed by atoms with Crippen molar-refractivity contribution >= 4 is 21.7 Å². The number of aryl methyl sites for hydroxylation is 4. The van der Waals surface area contributed by atoms with Gasteiger partial charge in [0.05, 0.1) is 22.0 Å². The molecule has 7 heteroatoms. The van der Waals surface area contributed by atoms with Gasteiger partial charge >= 0.3 is 0 Å². The van der Waals surface area contributed by atoms with E-state index in [0.717, 1.165) is 11.1 Å². The van der Waals surface area contributed by atoms with Crippen molar-refractivity contribution in [1.82, 2.24) is 9.97 Å². The Kier molecular flexibility index (Phi) is 4.61. The van der Waals surface area contributed by atoms with Gasteiger partial charge in [-0.05, 0) is 51.0 Å². The molecule has 1 heterocycles. The van der Waals surface area contributed by atoms with E-state index in [9.17, 15) is 8.42 Å². The number of nitrogens with one attached hydrogen (secondary N) is 1. The second kappa shape index (κ2) is 6.16. The molecule has 0 bridgehead atoms. The van der Waals surface area contributed by atoms with Crippen LogP contribution >= 0.6 is 0 Å². The van der Waals surface area contributed by atoms with Crippen LogP contribution in [0.2, 0.25) is 0 Å². The minimum atomic E-state index is -3.67. The number of rotatable bonds is 4. The summed E-state index contributed by atoms with van der Waals surface area (Å²) < 4.78 is 27.8. The number of hydrogen-bond donors (Lipinski definition) is 1. The molecule has 0 radical (unpaired) electrons. The van der Waals surface area contributed by atoms with Gasteiger partial charge < -0.3 is 4.90 Å². The van der Waals surface area contributed by atoms with Crippen LogP contribution < -0.4 is 9.62 Å². The van der Waals surface area contributed by atoms with E-state index in [1.165, 1.54) is 0 Å². The summed E-state index contributed by atoms with van der Waals surface area (Å²) in [5, 5.41) is 0. The highest BCUT2D eigenvalue weighted by Gasteiger charge is 2.19. The molecule has 0 amide bonds. The van der Waals surface area contributed by atoms with E-state index in [1.54, 1.807) is 36.9 Å². The first-order chi connectivity index (χ1) is 10.6. The summed E-state index contributed by atoms with van der Waals surface area (Å²) >= 11 is 0. The monoisotopic (exact) mass is 334 g/mol. The minimum Gasteiger partial charge on any atom is -0.347 e.